The lowest BCUT2D eigenvalue weighted by atomic mass is 10.1. The molecule has 0 aliphatic rings. The molecular weight excluding hydrogens is 344 g/mol. The maximum absolute atomic E-state index is 11.8. The number of furan rings is 1. The number of nitrogens with zero attached hydrogens (tertiary/aromatic N) is 1. The molecule has 1 aromatic carbocycles. The number of hydrazone groups is 1. The number of benzene rings is 1. The van der Waals surface area contributed by atoms with Crippen LogP contribution in [0.2, 0.25) is 5.02 Å². The van der Waals surface area contributed by atoms with Gasteiger partial charge in [0.2, 0.25) is 0 Å². The van der Waals surface area contributed by atoms with Gasteiger partial charge in [0.15, 0.2) is 10.4 Å². The molecule has 0 atom stereocenters. The van der Waals surface area contributed by atoms with Crippen molar-refractivity contribution in [2.75, 3.05) is 0 Å². The number of hydrogen-bond acceptors (Lipinski definition) is 3. The van der Waals surface area contributed by atoms with E-state index in [4.69, 9.17) is 16.0 Å². The molecule has 6 heteroatoms. The number of amides is 1. The molecule has 0 saturated carbocycles. The second-order valence-corrected chi connectivity index (χ2v) is 5.18. The largest absolute Gasteiger partial charge is 0.444 e. The smallest absolute Gasteiger partial charge is 0.307 e. The monoisotopic (exact) mass is 354 g/mol. The molecule has 0 aliphatic carbocycles. The maximum Gasteiger partial charge on any atom is 0.307 e. The predicted molar refractivity (Wildman–Crippen MR) is 82.2 cm³/mol. The average molecular weight is 356 g/mol. The Balaban J connectivity index is 2.11. The Morgan fingerprint density at radius 1 is 1.30 bits per heavy atom. The molecule has 4 nitrogen and oxygen atoms in total. The van der Waals surface area contributed by atoms with Gasteiger partial charge in [0.25, 0.3) is 0 Å². The third-order valence-electron chi connectivity index (χ3n) is 2.60. The van der Waals surface area contributed by atoms with Crippen molar-refractivity contribution in [2.24, 2.45) is 5.10 Å². The van der Waals surface area contributed by atoms with E-state index < -0.39 is 5.91 Å². The van der Waals surface area contributed by atoms with Gasteiger partial charge in [-0.2, -0.15) is 5.10 Å². The summed E-state index contributed by atoms with van der Waals surface area (Å²) in [4.78, 5) is 11.8. The maximum atomic E-state index is 11.8. The Kier molecular flexibility index (Phi) is 4.98. The highest BCUT2D eigenvalue weighted by molar-refractivity contribution is 9.10. The molecule has 0 bridgehead atoms. The van der Waals surface area contributed by atoms with Crippen LogP contribution < -0.4 is 5.43 Å². The molecule has 0 saturated heterocycles. The van der Waals surface area contributed by atoms with Crippen molar-refractivity contribution in [3.63, 3.8) is 0 Å². The van der Waals surface area contributed by atoms with Crippen LogP contribution in [0, 0.1) is 0 Å². The van der Waals surface area contributed by atoms with Crippen molar-refractivity contribution in [1.29, 1.82) is 0 Å². The SMILES string of the molecule is CC/C(=N\NC(=O)c1ccc(Br)o1)c1ccc(Cl)cc1. The van der Waals surface area contributed by atoms with Gasteiger partial charge in [-0.05, 0) is 52.2 Å². The minimum Gasteiger partial charge on any atom is -0.444 e. The molecule has 0 aliphatic heterocycles. The number of halogens is 2. The van der Waals surface area contributed by atoms with E-state index in [1.165, 1.54) is 0 Å². The summed E-state index contributed by atoms with van der Waals surface area (Å²) in [6, 6.07) is 10.5. The number of carbonyl (C=O) groups excluding carboxylic acids is 1. The summed E-state index contributed by atoms with van der Waals surface area (Å²) < 4.78 is 5.65. The number of hydrogen-bond donors (Lipinski definition) is 1. The van der Waals surface area contributed by atoms with E-state index in [-0.39, 0.29) is 5.76 Å². The molecule has 20 heavy (non-hydrogen) atoms. The van der Waals surface area contributed by atoms with Crippen LogP contribution in [0.1, 0.15) is 29.5 Å². The first-order chi connectivity index (χ1) is 9.60. The fraction of sp³-hybridized carbons (Fsp3) is 0.143. The van der Waals surface area contributed by atoms with E-state index in [0.717, 1.165) is 11.3 Å². The van der Waals surface area contributed by atoms with E-state index in [9.17, 15) is 4.79 Å². The number of rotatable bonds is 4. The van der Waals surface area contributed by atoms with Gasteiger partial charge in [-0.1, -0.05) is 30.7 Å². The van der Waals surface area contributed by atoms with Crippen LogP contribution >= 0.6 is 27.5 Å². The Morgan fingerprint density at radius 2 is 2.00 bits per heavy atom. The molecule has 104 valence electrons. The summed E-state index contributed by atoms with van der Waals surface area (Å²) in [5.41, 5.74) is 4.16. The molecule has 0 fully saturated rings. The molecule has 1 N–H and O–H groups in total. The number of carbonyl (C=O) groups is 1. The van der Waals surface area contributed by atoms with Gasteiger partial charge in [-0.3, -0.25) is 4.79 Å². The van der Waals surface area contributed by atoms with E-state index in [1.807, 2.05) is 19.1 Å². The predicted octanol–water partition coefficient (Wildman–Crippen LogP) is 4.24. The molecule has 0 unspecified atom stereocenters. The highest BCUT2D eigenvalue weighted by atomic mass is 79.9. The highest BCUT2D eigenvalue weighted by Gasteiger charge is 2.10. The lowest BCUT2D eigenvalue weighted by Gasteiger charge is -2.04. The molecular formula is C14H12BrClN2O2. The van der Waals surface area contributed by atoms with Gasteiger partial charge in [0, 0.05) is 5.02 Å². The van der Waals surface area contributed by atoms with Crippen LogP contribution in [-0.2, 0) is 0 Å². The molecule has 1 aromatic heterocycles. The van der Waals surface area contributed by atoms with Crippen molar-refractivity contribution in [3.05, 3.63) is 57.4 Å². The van der Waals surface area contributed by atoms with E-state index in [0.29, 0.717) is 16.1 Å². The summed E-state index contributed by atoms with van der Waals surface area (Å²) in [5, 5.41) is 4.79. The highest BCUT2D eigenvalue weighted by Crippen LogP contribution is 2.14. The van der Waals surface area contributed by atoms with Crippen molar-refractivity contribution >= 4 is 39.1 Å². The molecule has 0 spiro atoms. The quantitative estimate of drug-likeness (QED) is 0.659. The van der Waals surface area contributed by atoms with Crippen molar-refractivity contribution in [3.8, 4) is 0 Å². The van der Waals surface area contributed by atoms with Gasteiger partial charge in [0.1, 0.15) is 0 Å². The zero-order valence-electron chi connectivity index (χ0n) is 10.7. The van der Waals surface area contributed by atoms with E-state index >= 15 is 0 Å². The molecule has 2 aromatic rings. The van der Waals surface area contributed by atoms with Crippen LogP contribution in [0.4, 0.5) is 0 Å². The van der Waals surface area contributed by atoms with Crippen LogP contribution in [0.15, 0.2) is 50.6 Å². The van der Waals surface area contributed by atoms with Crippen LogP contribution in [0.25, 0.3) is 0 Å². The zero-order chi connectivity index (χ0) is 14.5. The van der Waals surface area contributed by atoms with E-state index in [2.05, 4.69) is 26.5 Å². The first-order valence-electron chi connectivity index (χ1n) is 5.98. The molecule has 2 rings (SSSR count). The molecule has 0 radical (unpaired) electrons. The second-order valence-electron chi connectivity index (χ2n) is 3.96. The Hall–Kier alpha value is -1.59. The van der Waals surface area contributed by atoms with Crippen LogP contribution in [0.5, 0.6) is 0 Å². The first kappa shape index (κ1) is 14.8. The molecule has 1 heterocycles. The van der Waals surface area contributed by atoms with Gasteiger partial charge in [0.05, 0.1) is 5.71 Å². The third-order valence-corrected chi connectivity index (χ3v) is 3.28. The number of nitrogens with one attached hydrogen (secondary N) is 1. The Morgan fingerprint density at radius 3 is 2.55 bits per heavy atom. The van der Waals surface area contributed by atoms with Gasteiger partial charge in [-0.25, -0.2) is 5.43 Å². The Labute approximate surface area is 129 Å². The van der Waals surface area contributed by atoms with Crippen LogP contribution in [-0.4, -0.2) is 11.6 Å². The minimum absolute atomic E-state index is 0.201. The summed E-state index contributed by atoms with van der Waals surface area (Å²) in [6.07, 6.45) is 0.684. The first-order valence-corrected chi connectivity index (χ1v) is 7.15. The normalized spacial score (nSPS) is 11.4. The lowest BCUT2D eigenvalue weighted by molar-refractivity contribution is 0.0926. The van der Waals surface area contributed by atoms with Gasteiger partial charge >= 0.3 is 5.91 Å². The second kappa shape index (κ2) is 6.72. The zero-order valence-corrected chi connectivity index (χ0v) is 13.0. The lowest BCUT2D eigenvalue weighted by Crippen LogP contribution is -2.19. The summed E-state index contributed by atoms with van der Waals surface area (Å²) in [6.45, 7) is 1.96. The minimum atomic E-state index is -0.393. The fourth-order valence-corrected chi connectivity index (χ4v) is 2.03. The average Bonchev–Trinajstić information content (AvgIpc) is 2.88. The van der Waals surface area contributed by atoms with Gasteiger partial charge < -0.3 is 4.42 Å². The summed E-state index contributed by atoms with van der Waals surface area (Å²) in [5.74, 6) is -0.192. The van der Waals surface area contributed by atoms with E-state index in [1.54, 1.807) is 24.3 Å². The van der Waals surface area contributed by atoms with Crippen molar-refractivity contribution in [2.45, 2.75) is 13.3 Å². The fourth-order valence-electron chi connectivity index (χ4n) is 1.60. The Bertz CT molecular complexity index is 635. The molecule has 1 amide bonds. The van der Waals surface area contributed by atoms with Crippen molar-refractivity contribution in [1.82, 2.24) is 5.43 Å². The summed E-state index contributed by atoms with van der Waals surface area (Å²) in [7, 11) is 0. The van der Waals surface area contributed by atoms with Gasteiger partial charge in [-0.15, -0.1) is 0 Å². The third kappa shape index (κ3) is 3.71. The van der Waals surface area contributed by atoms with Crippen LogP contribution in [0.3, 0.4) is 0 Å². The standard InChI is InChI=1S/C14H12BrClN2O2/c1-2-11(9-3-5-10(16)6-4-9)17-18-14(19)12-7-8-13(15)20-12/h3-8H,2H2,1H3,(H,18,19)/b17-11+. The topological polar surface area (TPSA) is 54.6 Å². The van der Waals surface area contributed by atoms with Crippen molar-refractivity contribution < 1.29 is 9.21 Å². The summed E-state index contributed by atoms with van der Waals surface area (Å²) >= 11 is 8.99.